The molecule has 1 aliphatic heterocycles. The van der Waals surface area contributed by atoms with Crippen molar-refractivity contribution >= 4 is 0 Å². The van der Waals surface area contributed by atoms with E-state index in [9.17, 15) is 4.39 Å². The van der Waals surface area contributed by atoms with Gasteiger partial charge in [-0.25, -0.2) is 4.39 Å². The van der Waals surface area contributed by atoms with Crippen molar-refractivity contribution in [3.05, 3.63) is 0 Å². The molecule has 1 unspecified atom stereocenters. The summed E-state index contributed by atoms with van der Waals surface area (Å²) in [7, 11) is 0. The van der Waals surface area contributed by atoms with Gasteiger partial charge < -0.3 is 0 Å². The van der Waals surface area contributed by atoms with Gasteiger partial charge in [0.1, 0.15) is 6.07 Å². The Morgan fingerprint density at radius 1 is 1.67 bits per heavy atom. The molecule has 0 radical (unpaired) electrons. The molecule has 1 aliphatic rings. The Morgan fingerprint density at radius 3 is 2.92 bits per heavy atom. The van der Waals surface area contributed by atoms with E-state index in [1.54, 1.807) is 13.0 Å². The molecule has 1 fully saturated rings. The molecule has 1 atom stereocenters. The molecular formula is C9H11FN2. The van der Waals surface area contributed by atoms with E-state index in [-0.39, 0.29) is 6.54 Å². The molecule has 0 bridgehead atoms. The summed E-state index contributed by atoms with van der Waals surface area (Å²) >= 11 is 0. The van der Waals surface area contributed by atoms with Crippen LogP contribution in [0.4, 0.5) is 4.39 Å². The zero-order chi connectivity index (χ0) is 9.03. The molecule has 64 valence electrons. The highest BCUT2D eigenvalue weighted by atomic mass is 19.1. The first-order valence-electron chi connectivity index (χ1n) is 3.92. The lowest BCUT2D eigenvalue weighted by atomic mass is 10.1. The van der Waals surface area contributed by atoms with Gasteiger partial charge in [-0.2, -0.15) is 5.26 Å². The Labute approximate surface area is 72.0 Å². The van der Waals surface area contributed by atoms with Gasteiger partial charge in [0.15, 0.2) is 0 Å². The van der Waals surface area contributed by atoms with Crippen LogP contribution in [0.5, 0.6) is 0 Å². The Kier molecular flexibility index (Phi) is 2.68. The Morgan fingerprint density at radius 2 is 2.42 bits per heavy atom. The SMILES string of the molecule is CC#CCN1CCC(F)(C#N)C1. The monoisotopic (exact) mass is 166 g/mol. The van der Waals surface area contributed by atoms with Crippen LogP contribution in [-0.4, -0.2) is 30.2 Å². The second kappa shape index (κ2) is 3.56. The van der Waals surface area contributed by atoms with Gasteiger partial charge in [0.25, 0.3) is 0 Å². The summed E-state index contributed by atoms with van der Waals surface area (Å²) in [6.45, 7) is 3.17. The van der Waals surface area contributed by atoms with Gasteiger partial charge in [-0.1, -0.05) is 5.92 Å². The maximum Gasteiger partial charge on any atom is 0.209 e. The number of likely N-dealkylation sites (tertiary alicyclic amines) is 1. The van der Waals surface area contributed by atoms with E-state index in [0.717, 1.165) is 0 Å². The van der Waals surface area contributed by atoms with Crippen LogP contribution < -0.4 is 0 Å². The molecule has 1 rings (SSSR count). The molecule has 1 saturated heterocycles. The second-order valence-electron chi connectivity index (χ2n) is 2.96. The van der Waals surface area contributed by atoms with Gasteiger partial charge in [0.05, 0.1) is 6.54 Å². The van der Waals surface area contributed by atoms with Crippen molar-refractivity contribution in [3.8, 4) is 17.9 Å². The van der Waals surface area contributed by atoms with Gasteiger partial charge in [0, 0.05) is 19.5 Å². The number of halogens is 1. The van der Waals surface area contributed by atoms with Crippen molar-refractivity contribution in [1.82, 2.24) is 4.90 Å². The summed E-state index contributed by atoms with van der Waals surface area (Å²) < 4.78 is 13.3. The Balaban J connectivity index is 2.45. The number of nitriles is 1. The normalized spacial score (nSPS) is 29.1. The number of nitrogens with zero attached hydrogens (tertiary/aromatic N) is 2. The van der Waals surface area contributed by atoms with Crippen molar-refractivity contribution in [2.45, 2.75) is 19.0 Å². The molecule has 0 spiro atoms. The molecular weight excluding hydrogens is 155 g/mol. The molecule has 0 aromatic rings. The predicted molar refractivity (Wildman–Crippen MR) is 44.0 cm³/mol. The van der Waals surface area contributed by atoms with Crippen molar-refractivity contribution in [3.63, 3.8) is 0 Å². The van der Waals surface area contributed by atoms with Crippen molar-refractivity contribution in [2.24, 2.45) is 0 Å². The van der Waals surface area contributed by atoms with Crippen LogP contribution in [0.1, 0.15) is 13.3 Å². The second-order valence-corrected chi connectivity index (χ2v) is 2.96. The highest BCUT2D eigenvalue weighted by Gasteiger charge is 2.37. The largest absolute Gasteiger partial charge is 0.288 e. The fourth-order valence-electron chi connectivity index (χ4n) is 1.26. The lowest BCUT2D eigenvalue weighted by Gasteiger charge is -2.11. The Hall–Kier alpha value is -1.06. The van der Waals surface area contributed by atoms with E-state index in [1.165, 1.54) is 0 Å². The van der Waals surface area contributed by atoms with Gasteiger partial charge >= 0.3 is 0 Å². The quantitative estimate of drug-likeness (QED) is 0.542. The number of rotatable bonds is 1. The molecule has 1 heterocycles. The summed E-state index contributed by atoms with van der Waals surface area (Å²) in [5.41, 5.74) is -1.63. The zero-order valence-corrected chi connectivity index (χ0v) is 7.10. The number of hydrogen-bond acceptors (Lipinski definition) is 2. The summed E-state index contributed by atoms with van der Waals surface area (Å²) in [5, 5.41) is 8.48. The van der Waals surface area contributed by atoms with Crippen LogP contribution >= 0.6 is 0 Å². The van der Waals surface area contributed by atoms with Crippen LogP contribution in [0.25, 0.3) is 0 Å². The van der Waals surface area contributed by atoms with Crippen LogP contribution in [0, 0.1) is 23.2 Å². The molecule has 0 aromatic heterocycles. The molecule has 2 nitrogen and oxygen atoms in total. The minimum absolute atomic E-state index is 0.207. The van der Waals surface area contributed by atoms with Gasteiger partial charge in [-0.05, 0) is 6.92 Å². The maximum atomic E-state index is 13.3. The predicted octanol–water partition coefficient (Wildman–Crippen LogP) is 0.947. The van der Waals surface area contributed by atoms with Crippen LogP contribution in [0.2, 0.25) is 0 Å². The first-order chi connectivity index (χ1) is 5.70. The van der Waals surface area contributed by atoms with Crippen molar-refractivity contribution in [1.29, 1.82) is 5.26 Å². The molecule has 0 aromatic carbocycles. The third kappa shape index (κ3) is 1.96. The van der Waals surface area contributed by atoms with Crippen LogP contribution in [0.3, 0.4) is 0 Å². The average Bonchev–Trinajstić information content (AvgIpc) is 2.45. The highest BCUT2D eigenvalue weighted by molar-refractivity contribution is 5.09. The van der Waals surface area contributed by atoms with E-state index < -0.39 is 5.67 Å². The highest BCUT2D eigenvalue weighted by Crippen LogP contribution is 2.23. The number of alkyl halides is 1. The fraction of sp³-hybridized carbons (Fsp3) is 0.667. The average molecular weight is 166 g/mol. The molecule has 0 amide bonds. The molecule has 12 heavy (non-hydrogen) atoms. The first-order valence-corrected chi connectivity index (χ1v) is 3.92. The first kappa shape index (κ1) is 9.03. The van der Waals surface area contributed by atoms with Gasteiger partial charge in [-0.3, -0.25) is 4.90 Å². The van der Waals surface area contributed by atoms with Crippen LogP contribution in [0.15, 0.2) is 0 Å². The van der Waals surface area contributed by atoms with Crippen molar-refractivity contribution in [2.75, 3.05) is 19.6 Å². The van der Waals surface area contributed by atoms with Gasteiger partial charge in [0.2, 0.25) is 5.67 Å². The number of hydrogen-bond donors (Lipinski definition) is 0. The van der Waals surface area contributed by atoms with E-state index >= 15 is 0 Å². The smallest absolute Gasteiger partial charge is 0.209 e. The Bertz CT molecular complexity index is 258. The summed E-state index contributed by atoms with van der Waals surface area (Å²) in [5.74, 6) is 5.59. The van der Waals surface area contributed by atoms with Gasteiger partial charge in [-0.15, -0.1) is 5.92 Å². The third-order valence-electron chi connectivity index (χ3n) is 1.98. The lowest BCUT2D eigenvalue weighted by Crippen LogP contribution is -2.27. The summed E-state index contributed by atoms with van der Waals surface area (Å²) in [6, 6.07) is 1.69. The minimum atomic E-state index is -1.63. The topological polar surface area (TPSA) is 27.0 Å². The molecule has 0 aliphatic carbocycles. The third-order valence-corrected chi connectivity index (χ3v) is 1.98. The summed E-state index contributed by atoms with van der Waals surface area (Å²) in [6.07, 6.45) is 0.314. The standard InChI is InChI=1S/C9H11FN2/c1-2-3-5-12-6-4-9(10,7-11)8-12/h4-6,8H2,1H3. The van der Waals surface area contributed by atoms with E-state index in [2.05, 4.69) is 11.8 Å². The summed E-state index contributed by atoms with van der Waals surface area (Å²) in [4.78, 5) is 1.86. The zero-order valence-electron chi connectivity index (χ0n) is 7.10. The van der Waals surface area contributed by atoms with Crippen molar-refractivity contribution < 1.29 is 4.39 Å². The van der Waals surface area contributed by atoms with Crippen LogP contribution in [-0.2, 0) is 0 Å². The lowest BCUT2D eigenvalue weighted by molar-refractivity contribution is 0.237. The van der Waals surface area contributed by atoms with E-state index in [1.807, 2.05) is 4.90 Å². The minimum Gasteiger partial charge on any atom is -0.288 e. The fourth-order valence-corrected chi connectivity index (χ4v) is 1.26. The molecule has 3 heteroatoms. The van der Waals surface area contributed by atoms with E-state index in [0.29, 0.717) is 19.5 Å². The maximum absolute atomic E-state index is 13.3. The van der Waals surface area contributed by atoms with E-state index in [4.69, 9.17) is 5.26 Å². The molecule has 0 N–H and O–H groups in total. The molecule has 0 saturated carbocycles.